The van der Waals surface area contributed by atoms with Gasteiger partial charge in [0.25, 0.3) is 5.91 Å². The summed E-state index contributed by atoms with van der Waals surface area (Å²) in [5, 5.41) is 0.497. The third kappa shape index (κ3) is 4.78. The summed E-state index contributed by atoms with van der Waals surface area (Å²) in [5.74, 6) is -0.357. The van der Waals surface area contributed by atoms with E-state index < -0.39 is 15.1 Å². The predicted molar refractivity (Wildman–Crippen MR) is 133 cm³/mol. The number of amides is 1. The van der Waals surface area contributed by atoms with Gasteiger partial charge in [-0.15, -0.1) is 0 Å². The average molecular weight is 500 g/mol. The van der Waals surface area contributed by atoms with Crippen molar-refractivity contribution in [1.82, 2.24) is 9.97 Å². The number of benzene rings is 2. The molecule has 0 spiro atoms. The second kappa shape index (κ2) is 9.21. The van der Waals surface area contributed by atoms with Crippen LogP contribution in [-0.4, -0.2) is 29.5 Å². The van der Waals surface area contributed by atoms with Gasteiger partial charge >= 0.3 is 0 Å². The molecular formula is C24H22ClN3O3S2. The standard InChI is InChI=1S/C24H22ClN3O3S2/c1-15(2)33(30,31)20-9-6-7-17(12-20)23(29)28(14-19-8-4-5-10-26-19)24-27-22-16(3)11-18(25)13-21(22)32-24/h4-13,15H,14H2,1-3H3. The maximum atomic E-state index is 13.7. The summed E-state index contributed by atoms with van der Waals surface area (Å²) in [5.41, 5.74) is 2.64. The van der Waals surface area contributed by atoms with Gasteiger partial charge < -0.3 is 0 Å². The Bertz CT molecular complexity index is 1430. The van der Waals surface area contributed by atoms with Crippen molar-refractivity contribution in [3.05, 3.63) is 82.6 Å². The van der Waals surface area contributed by atoms with Crippen LogP contribution in [0.5, 0.6) is 0 Å². The molecule has 0 fully saturated rings. The average Bonchev–Trinajstić information content (AvgIpc) is 3.22. The molecule has 0 aliphatic carbocycles. The van der Waals surface area contributed by atoms with Crippen LogP contribution in [0.15, 0.2) is 65.7 Å². The van der Waals surface area contributed by atoms with E-state index in [0.717, 1.165) is 15.8 Å². The highest BCUT2D eigenvalue weighted by atomic mass is 35.5. The van der Waals surface area contributed by atoms with Crippen molar-refractivity contribution in [2.75, 3.05) is 4.90 Å². The number of hydrogen-bond acceptors (Lipinski definition) is 6. The maximum Gasteiger partial charge on any atom is 0.260 e. The van der Waals surface area contributed by atoms with Gasteiger partial charge in [0.2, 0.25) is 0 Å². The maximum absolute atomic E-state index is 13.7. The van der Waals surface area contributed by atoms with Gasteiger partial charge in [0, 0.05) is 16.8 Å². The molecule has 2 aromatic carbocycles. The first kappa shape index (κ1) is 23.4. The fourth-order valence-corrected chi connectivity index (χ4v) is 5.89. The predicted octanol–water partition coefficient (Wildman–Crippen LogP) is 5.68. The number of rotatable bonds is 6. The highest BCUT2D eigenvalue weighted by Crippen LogP contribution is 2.34. The van der Waals surface area contributed by atoms with Crippen molar-refractivity contribution in [2.45, 2.75) is 37.5 Å². The molecule has 0 aliphatic rings. The fourth-order valence-electron chi connectivity index (χ4n) is 3.37. The van der Waals surface area contributed by atoms with Crippen LogP contribution in [0.1, 0.15) is 35.5 Å². The van der Waals surface area contributed by atoms with E-state index in [1.54, 1.807) is 38.2 Å². The molecule has 9 heteroatoms. The summed E-state index contributed by atoms with van der Waals surface area (Å²) in [6.07, 6.45) is 1.66. The molecular weight excluding hydrogens is 478 g/mol. The van der Waals surface area contributed by atoms with Crippen molar-refractivity contribution >= 4 is 54.0 Å². The number of carbonyl (C=O) groups excluding carboxylic acids is 1. The Labute approximate surface area is 201 Å². The number of nitrogens with zero attached hydrogens (tertiary/aromatic N) is 3. The van der Waals surface area contributed by atoms with Gasteiger partial charge in [0.1, 0.15) is 0 Å². The largest absolute Gasteiger partial charge is 0.278 e. The molecule has 4 aromatic rings. The van der Waals surface area contributed by atoms with Crippen LogP contribution in [0.25, 0.3) is 10.2 Å². The first-order valence-electron chi connectivity index (χ1n) is 10.3. The van der Waals surface area contributed by atoms with E-state index in [4.69, 9.17) is 16.6 Å². The normalized spacial score (nSPS) is 11.8. The number of carbonyl (C=O) groups is 1. The van der Waals surface area contributed by atoms with E-state index >= 15 is 0 Å². The molecule has 0 saturated heterocycles. The Hall–Kier alpha value is -2.81. The van der Waals surface area contributed by atoms with E-state index in [1.807, 2.05) is 31.2 Å². The molecule has 0 atom stereocenters. The molecule has 0 saturated carbocycles. The molecule has 33 heavy (non-hydrogen) atoms. The molecule has 0 radical (unpaired) electrons. The second-order valence-corrected chi connectivity index (χ2v) is 11.8. The van der Waals surface area contributed by atoms with Crippen LogP contribution in [-0.2, 0) is 16.4 Å². The zero-order valence-electron chi connectivity index (χ0n) is 18.3. The van der Waals surface area contributed by atoms with Crippen molar-refractivity contribution in [1.29, 1.82) is 0 Å². The molecule has 6 nitrogen and oxygen atoms in total. The summed E-state index contributed by atoms with van der Waals surface area (Å²) in [6, 6.07) is 15.3. The third-order valence-electron chi connectivity index (χ3n) is 5.19. The van der Waals surface area contributed by atoms with E-state index in [0.29, 0.717) is 15.8 Å². The number of aromatic nitrogens is 2. The lowest BCUT2D eigenvalue weighted by molar-refractivity contribution is 0.0984. The van der Waals surface area contributed by atoms with Gasteiger partial charge in [-0.2, -0.15) is 0 Å². The first-order chi connectivity index (χ1) is 15.7. The Kier molecular flexibility index (Phi) is 6.52. The quantitative estimate of drug-likeness (QED) is 0.341. The summed E-state index contributed by atoms with van der Waals surface area (Å²) < 4.78 is 26.2. The minimum absolute atomic E-state index is 0.119. The van der Waals surface area contributed by atoms with Gasteiger partial charge in [-0.3, -0.25) is 14.7 Å². The van der Waals surface area contributed by atoms with Crippen LogP contribution in [0, 0.1) is 6.92 Å². The van der Waals surface area contributed by atoms with E-state index in [-0.39, 0.29) is 22.9 Å². The van der Waals surface area contributed by atoms with Gasteiger partial charge in [0.05, 0.1) is 32.6 Å². The minimum atomic E-state index is -3.52. The zero-order chi connectivity index (χ0) is 23.8. The highest BCUT2D eigenvalue weighted by molar-refractivity contribution is 7.92. The SMILES string of the molecule is Cc1cc(Cl)cc2sc(N(Cc3ccccn3)C(=O)c3cccc(S(=O)(=O)C(C)C)c3)nc12. The van der Waals surface area contributed by atoms with Gasteiger partial charge in [0.15, 0.2) is 15.0 Å². The molecule has 2 aromatic heterocycles. The molecule has 1 amide bonds. The molecule has 4 rings (SSSR count). The first-order valence-corrected chi connectivity index (χ1v) is 13.0. The Morgan fingerprint density at radius 3 is 2.61 bits per heavy atom. The number of sulfone groups is 1. The number of aryl methyl sites for hydroxylation is 1. The number of hydrogen-bond donors (Lipinski definition) is 0. The molecule has 0 N–H and O–H groups in total. The third-order valence-corrected chi connectivity index (χ3v) is 8.59. The molecule has 2 heterocycles. The zero-order valence-corrected chi connectivity index (χ0v) is 20.7. The van der Waals surface area contributed by atoms with E-state index in [1.165, 1.54) is 28.4 Å². The van der Waals surface area contributed by atoms with Crippen LogP contribution in [0.2, 0.25) is 5.02 Å². The monoisotopic (exact) mass is 499 g/mol. The summed E-state index contributed by atoms with van der Waals surface area (Å²) in [7, 11) is -3.52. The Morgan fingerprint density at radius 1 is 1.12 bits per heavy atom. The number of thiazole rings is 1. The number of fused-ring (bicyclic) bond motifs is 1. The molecule has 0 unspecified atom stereocenters. The van der Waals surface area contributed by atoms with Crippen molar-refractivity contribution < 1.29 is 13.2 Å². The molecule has 170 valence electrons. The lowest BCUT2D eigenvalue weighted by atomic mass is 10.2. The smallest absolute Gasteiger partial charge is 0.260 e. The lowest BCUT2D eigenvalue weighted by Crippen LogP contribution is -2.31. The lowest BCUT2D eigenvalue weighted by Gasteiger charge is -2.20. The van der Waals surface area contributed by atoms with Crippen molar-refractivity contribution in [2.24, 2.45) is 0 Å². The minimum Gasteiger partial charge on any atom is -0.278 e. The topological polar surface area (TPSA) is 80.2 Å². The number of pyridine rings is 1. The van der Waals surface area contributed by atoms with Crippen molar-refractivity contribution in [3.63, 3.8) is 0 Å². The summed E-state index contributed by atoms with van der Waals surface area (Å²) in [4.78, 5) is 24.4. The summed E-state index contributed by atoms with van der Waals surface area (Å²) >= 11 is 7.57. The van der Waals surface area contributed by atoms with Crippen LogP contribution in [0.3, 0.4) is 0 Å². The Morgan fingerprint density at radius 2 is 1.91 bits per heavy atom. The summed E-state index contributed by atoms with van der Waals surface area (Å²) in [6.45, 7) is 5.34. The fraction of sp³-hybridized carbons (Fsp3) is 0.208. The Balaban J connectivity index is 1.81. The van der Waals surface area contributed by atoms with Crippen LogP contribution < -0.4 is 4.90 Å². The highest BCUT2D eigenvalue weighted by Gasteiger charge is 2.25. The van der Waals surface area contributed by atoms with Gasteiger partial charge in [-0.25, -0.2) is 13.4 Å². The number of anilines is 1. The van der Waals surface area contributed by atoms with E-state index in [9.17, 15) is 13.2 Å². The van der Waals surface area contributed by atoms with Crippen LogP contribution >= 0.6 is 22.9 Å². The molecule has 0 aliphatic heterocycles. The molecule has 0 bridgehead atoms. The van der Waals surface area contributed by atoms with Gasteiger partial charge in [-0.1, -0.05) is 35.1 Å². The second-order valence-electron chi connectivity index (χ2n) is 7.90. The van der Waals surface area contributed by atoms with Gasteiger partial charge in [-0.05, 0) is 68.8 Å². The number of halogens is 1. The van der Waals surface area contributed by atoms with Crippen molar-refractivity contribution in [3.8, 4) is 0 Å². The van der Waals surface area contributed by atoms with Crippen LogP contribution in [0.4, 0.5) is 5.13 Å². The van der Waals surface area contributed by atoms with E-state index in [2.05, 4.69) is 4.98 Å².